The second-order valence-electron chi connectivity index (χ2n) is 10.1. The van der Waals surface area contributed by atoms with Crippen LogP contribution in [-0.2, 0) is 40.5 Å². The van der Waals surface area contributed by atoms with Gasteiger partial charge in [0.25, 0.3) is 0 Å². The highest BCUT2D eigenvalue weighted by atomic mass is 32.2. The molecule has 11 heteroatoms. The third kappa shape index (κ3) is 3.94. The van der Waals surface area contributed by atoms with Crippen LogP contribution in [0.2, 0.25) is 0 Å². The normalized spacial score (nSPS) is 25.1. The SMILES string of the molecule is COC1CN([C@@H]2COc3c([S@@](N)(=O)=NC(=O)Nc4c5c(cc6c4[C@H](C)CC6)CCC5)cnn3C2)C1. The highest BCUT2D eigenvalue weighted by Crippen LogP contribution is 2.44. The molecule has 1 aromatic heterocycles. The smallest absolute Gasteiger partial charge is 0.354 e. The summed E-state index contributed by atoms with van der Waals surface area (Å²) in [6.07, 6.45) is 6.76. The van der Waals surface area contributed by atoms with E-state index < -0.39 is 15.9 Å². The first kappa shape index (κ1) is 23.0. The number of methoxy groups -OCH3 is 1. The molecule has 188 valence electrons. The summed E-state index contributed by atoms with van der Waals surface area (Å²) in [6, 6.07) is 1.76. The predicted molar refractivity (Wildman–Crippen MR) is 131 cm³/mol. The van der Waals surface area contributed by atoms with Crippen molar-refractivity contribution in [1.29, 1.82) is 0 Å². The standard InChI is InChI=1S/C24H32N6O4S/c1-14-6-7-16-8-15-4-3-5-19(15)22(21(14)16)27-24(31)28-35(25,32)20-9-26-30-10-17(13-34-23(20)30)29-11-18(12-29)33-2/h8-9,14,17-18H,3-7,10-13H2,1-2H3,(H3,25,27,28,31,32)/t14-,17+,35+/m1/s1. The first-order valence-electron chi connectivity index (χ1n) is 12.3. The van der Waals surface area contributed by atoms with Crippen LogP contribution < -0.4 is 15.2 Å². The van der Waals surface area contributed by atoms with Gasteiger partial charge >= 0.3 is 6.03 Å². The molecule has 35 heavy (non-hydrogen) atoms. The van der Waals surface area contributed by atoms with E-state index in [0.717, 1.165) is 50.9 Å². The van der Waals surface area contributed by atoms with E-state index in [4.69, 9.17) is 14.6 Å². The summed E-state index contributed by atoms with van der Waals surface area (Å²) < 4.78 is 30.3. The van der Waals surface area contributed by atoms with Crippen LogP contribution in [0.1, 0.15) is 47.9 Å². The molecule has 3 N–H and O–H groups in total. The van der Waals surface area contributed by atoms with Gasteiger partial charge in [0, 0.05) is 25.9 Å². The molecule has 3 atom stereocenters. The molecule has 2 aliphatic heterocycles. The van der Waals surface area contributed by atoms with Crippen molar-refractivity contribution in [2.45, 2.75) is 68.5 Å². The molecule has 0 spiro atoms. The van der Waals surface area contributed by atoms with Crippen molar-refractivity contribution >= 4 is 21.6 Å². The zero-order chi connectivity index (χ0) is 24.3. The van der Waals surface area contributed by atoms with Gasteiger partial charge in [0.2, 0.25) is 5.88 Å². The fraction of sp³-hybridized carbons (Fsp3) is 0.583. The van der Waals surface area contributed by atoms with Crippen molar-refractivity contribution in [3.63, 3.8) is 0 Å². The lowest BCUT2D eigenvalue weighted by Gasteiger charge is -2.44. The van der Waals surface area contributed by atoms with E-state index in [9.17, 15) is 9.00 Å². The van der Waals surface area contributed by atoms with Gasteiger partial charge in [-0.2, -0.15) is 5.10 Å². The summed E-state index contributed by atoms with van der Waals surface area (Å²) in [7, 11) is -1.82. The van der Waals surface area contributed by atoms with Crippen LogP contribution in [0, 0.1) is 0 Å². The molecule has 1 aromatic carbocycles. The molecule has 1 fully saturated rings. The molecule has 0 radical (unpaired) electrons. The largest absolute Gasteiger partial charge is 0.475 e. The lowest BCUT2D eigenvalue weighted by Crippen LogP contribution is -2.59. The Hall–Kier alpha value is -2.47. The number of nitrogens with one attached hydrogen (secondary N) is 1. The van der Waals surface area contributed by atoms with Crippen LogP contribution in [-0.4, -0.2) is 63.9 Å². The summed E-state index contributed by atoms with van der Waals surface area (Å²) in [6.45, 7) is 4.90. The number of urea groups is 1. The van der Waals surface area contributed by atoms with Gasteiger partial charge in [-0.15, -0.1) is 4.36 Å². The molecule has 0 bridgehead atoms. The molecule has 2 amide bonds. The number of carbonyl (C=O) groups excluding carboxylic acids is 1. The monoisotopic (exact) mass is 500 g/mol. The van der Waals surface area contributed by atoms with Crippen molar-refractivity contribution < 1.29 is 18.5 Å². The Labute approximate surface area is 205 Å². The van der Waals surface area contributed by atoms with Crippen LogP contribution in [0.5, 0.6) is 5.88 Å². The van der Waals surface area contributed by atoms with E-state index >= 15 is 0 Å². The number of hydrogen-bond donors (Lipinski definition) is 2. The first-order valence-corrected chi connectivity index (χ1v) is 13.9. The van der Waals surface area contributed by atoms with Crippen molar-refractivity contribution in [3.05, 3.63) is 34.5 Å². The maximum atomic E-state index is 13.4. The number of anilines is 1. The minimum atomic E-state index is -3.54. The molecule has 6 rings (SSSR count). The topological polar surface area (TPSA) is 124 Å². The van der Waals surface area contributed by atoms with Gasteiger partial charge < -0.3 is 14.8 Å². The van der Waals surface area contributed by atoms with Gasteiger partial charge in [0.15, 0.2) is 9.92 Å². The number of likely N-dealkylation sites (tertiary alicyclic amines) is 1. The quantitative estimate of drug-likeness (QED) is 0.665. The minimum Gasteiger partial charge on any atom is -0.475 e. The molecule has 3 heterocycles. The molecule has 0 saturated carbocycles. The van der Waals surface area contributed by atoms with Gasteiger partial charge in [-0.05, 0) is 60.3 Å². The van der Waals surface area contributed by atoms with E-state index in [1.54, 1.807) is 11.8 Å². The van der Waals surface area contributed by atoms with E-state index in [2.05, 4.69) is 32.7 Å². The first-order chi connectivity index (χ1) is 16.8. The van der Waals surface area contributed by atoms with Crippen LogP contribution in [0.15, 0.2) is 21.5 Å². The summed E-state index contributed by atoms with van der Waals surface area (Å²) in [5.74, 6) is 0.687. The molecule has 1 saturated heterocycles. The highest BCUT2D eigenvalue weighted by Gasteiger charge is 2.37. The zero-order valence-corrected chi connectivity index (χ0v) is 21.0. The molecule has 2 aromatic rings. The summed E-state index contributed by atoms with van der Waals surface area (Å²) in [5, 5.41) is 13.4. The van der Waals surface area contributed by atoms with Gasteiger partial charge in [-0.1, -0.05) is 13.0 Å². The number of hydrogen-bond acceptors (Lipinski definition) is 6. The molecular weight excluding hydrogens is 468 g/mol. The van der Waals surface area contributed by atoms with Crippen LogP contribution in [0.3, 0.4) is 0 Å². The van der Waals surface area contributed by atoms with E-state index in [0.29, 0.717) is 24.9 Å². The van der Waals surface area contributed by atoms with E-state index in [1.807, 2.05) is 0 Å². The molecule has 10 nitrogen and oxygen atoms in total. The van der Waals surface area contributed by atoms with Gasteiger partial charge in [-0.3, -0.25) is 4.90 Å². The molecule has 0 unspecified atom stereocenters. The number of rotatable bonds is 4. The van der Waals surface area contributed by atoms with Crippen LogP contribution in [0.25, 0.3) is 0 Å². The Morgan fingerprint density at radius 1 is 1.29 bits per heavy atom. The number of ether oxygens (including phenoxy) is 2. The number of nitrogens with two attached hydrogens (primary N) is 1. The van der Waals surface area contributed by atoms with Crippen molar-refractivity contribution in [3.8, 4) is 5.88 Å². The number of amides is 2. The Kier molecular flexibility index (Phi) is 5.63. The average Bonchev–Trinajstić information content (AvgIpc) is 3.51. The Bertz CT molecular complexity index is 1310. The van der Waals surface area contributed by atoms with Gasteiger partial charge in [0.1, 0.15) is 11.5 Å². The maximum Gasteiger partial charge on any atom is 0.354 e. The third-order valence-corrected chi connectivity index (χ3v) is 9.26. The van der Waals surface area contributed by atoms with Crippen molar-refractivity contribution in [2.24, 2.45) is 9.50 Å². The highest BCUT2D eigenvalue weighted by molar-refractivity contribution is 7.91. The fourth-order valence-corrected chi connectivity index (χ4v) is 6.96. The van der Waals surface area contributed by atoms with Crippen molar-refractivity contribution in [2.75, 3.05) is 32.1 Å². The molecule has 2 aliphatic carbocycles. The average molecular weight is 501 g/mol. The fourth-order valence-electron chi connectivity index (χ4n) is 5.95. The lowest BCUT2D eigenvalue weighted by molar-refractivity contribution is -0.0687. The van der Waals surface area contributed by atoms with Crippen molar-refractivity contribution in [1.82, 2.24) is 14.7 Å². The number of aromatic nitrogens is 2. The molecular formula is C24H32N6O4S. The second kappa shape index (κ2) is 8.58. The van der Waals surface area contributed by atoms with Crippen LogP contribution >= 0.6 is 0 Å². The number of nitrogens with zero attached hydrogens (tertiary/aromatic N) is 4. The summed E-state index contributed by atoms with van der Waals surface area (Å²) >= 11 is 0. The Morgan fingerprint density at radius 3 is 2.91 bits per heavy atom. The predicted octanol–water partition coefficient (Wildman–Crippen LogP) is 2.45. The third-order valence-electron chi connectivity index (χ3n) is 7.91. The second-order valence-corrected chi connectivity index (χ2v) is 11.9. The number of aryl methyl sites for hydroxylation is 2. The minimum absolute atomic E-state index is 0.153. The Morgan fingerprint density at radius 2 is 2.11 bits per heavy atom. The maximum absolute atomic E-state index is 13.4. The Balaban J connectivity index is 1.24. The number of benzene rings is 1. The summed E-state index contributed by atoms with van der Waals surface area (Å²) in [5.41, 5.74) is 5.83. The number of carbonyl (C=O) groups is 1. The lowest BCUT2D eigenvalue weighted by atomic mass is 9.95. The van der Waals surface area contributed by atoms with Gasteiger partial charge in [0.05, 0.1) is 24.9 Å². The van der Waals surface area contributed by atoms with E-state index in [-0.39, 0.29) is 17.0 Å². The number of fused-ring (bicyclic) bond motifs is 3. The molecule has 4 aliphatic rings. The van der Waals surface area contributed by atoms with Crippen LogP contribution in [0.4, 0.5) is 10.5 Å². The summed E-state index contributed by atoms with van der Waals surface area (Å²) in [4.78, 5) is 15.4. The van der Waals surface area contributed by atoms with Gasteiger partial charge in [-0.25, -0.2) is 18.8 Å². The zero-order valence-electron chi connectivity index (χ0n) is 20.2. The van der Waals surface area contributed by atoms with E-state index in [1.165, 1.54) is 28.5 Å².